The van der Waals surface area contributed by atoms with Crippen LogP contribution < -0.4 is 11.1 Å². The lowest BCUT2D eigenvalue weighted by atomic mass is 9.82. The molecule has 1 aromatic heterocycles. The maximum Gasteiger partial charge on any atom is 0.410 e. The SMILES string of the molecule is N[C@H](c1nc2cc([C@@H](C3COC3)N3C[C@@H](C(F)(F)F)NC3=O)ccc2o1)C1CCC(F)(F)CC1. The van der Waals surface area contributed by atoms with Gasteiger partial charge in [0.05, 0.1) is 31.8 Å². The summed E-state index contributed by atoms with van der Waals surface area (Å²) in [5, 5.41) is 2.01. The standard InChI is InChI=1S/C22H25F5N4O3/c23-21(24)5-3-11(4-6-21)17(28)19-29-14-7-12(1-2-15(14)34-19)18(13-9-33-10-13)31-8-16(22(25,26)27)30-20(31)32/h1-2,7,11,13,16-18H,3-6,8-10,28H2,(H,30,32)/t16-,17-,18-/m0/s1. The highest BCUT2D eigenvalue weighted by atomic mass is 19.4. The number of hydrogen-bond donors (Lipinski definition) is 2. The first kappa shape index (κ1) is 23.3. The molecule has 3 aliphatic rings. The summed E-state index contributed by atoms with van der Waals surface area (Å²) in [6, 6.07) is 1.04. The highest BCUT2D eigenvalue weighted by molar-refractivity contribution is 5.78. The number of oxazole rings is 1. The largest absolute Gasteiger partial charge is 0.439 e. The average molecular weight is 488 g/mol. The van der Waals surface area contributed by atoms with Gasteiger partial charge >= 0.3 is 12.2 Å². The number of rotatable bonds is 5. The normalized spacial score (nSPS) is 25.9. The van der Waals surface area contributed by atoms with Gasteiger partial charge in [-0.1, -0.05) is 6.07 Å². The molecule has 0 unspecified atom stereocenters. The molecule has 1 saturated carbocycles. The van der Waals surface area contributed by atoms with Crippen LogP contribution in [0.5, 0.6) is 0 Å². The van der Waals surface area contributed by atoms with Crippen LogP contribution in [0.1, 0.15) is 49.2 Å². The molecular weight excluding hydrogens is 463 g/mol. The van der Waals surface area contributed by atoms with Crippen LogP contribution >= 0.6 is 0 Å². The van der Waals surface area contributed by atoms with Gasteiger partial charge in [0.1, 0.15) is 11.6 Å². The van der Waals surface area contributed by atoms with Crippen molar-refractivity contribution in [1.82, 2.24) is 15.2 Å². The Hall–Kier alpha value is -2.47. The van der Waals surface area contributed by atoms with E-state index in [2.05, 4.69) is 4.98 Å². The quantitative estimate of drug-likeness (QED) is 0.613. The van der Waals surface area contributed by atoms with Gasteiger partial charge in [-0.3, -0.25) is 0 Å². The minimum atomic E-state index is -4.55. The van der Waals surface area contributed by atoms with Crippen molar-refractivity contribution >= 4 is 17.1 Å². The van der Waals surface area contributed by atoms with Gasteiger partial charge in [-0.05, 0) is 36.5 Å². The molecule has 34 heavy (non-hydrogen) atoms. The third-order valence-electron chi connectivity index (χ3n) is 7.10. The van der Waals surface area contributed by atoms with E-state index in [1.165, 1.54) is 4.90 Å². The van der Waals surface area contributed by atoms with E-state index >= 15 is 0 Å². The lowest BCUT2D eigenvalue weighted by Crippen LogP contribution is -2.44. The van der Waals surface area contributed by atoms with Gasteiger partial charge in [0.2, 0.25) is 11.8 Å². The number of hydrogen-bond acceptors (Lipinski definition) is 5. The number of urea groups is 1. The molecule has 0 bridgehead atoms. The third kappa shape index (κ3) is 4.33. The molecular formula is C22H25F5N4O3. The fraction of sp³-hybridized carbons (Fsp3) is 0.636. The fourth-order valence-electron chi connectivity index (χ4n) is 5.04. The van der Waals surface area contributed by atoms with Crippen molar-refractivity contribution in [3.8, 4) is 0 Å². The number of halogens is 5. The minimum absolute atomic E-state index is 0.160. The molecule has 3 atom stereocenters. The number of nitrogens with zero attached hydrogens (tertiary/aromatic N) is 2. The van der Waals surface area contributed by atoms with Crippen LogP contribution in [0.15, 0.2) is 22.6 Å². The fourth-order valence-corrected chi connectivity index (χ4v) is 5.04. The second kappa shape index (κ2) is 8.33. The van der Waals surface area contributed by atoms with E-state index in [-0.39, 0.29) is 43.4 Å². The Morgan fingerprint density at radius 2 is 1.88 bits per heavy atom. The number of nitrogens with two attached hydrogens (primary N) is 1. The smallest absolute Gasteiger partial charge is 0.410 e. The number of fused-ring (bicyclic) bond motifs is 1. The molecule has 12 heteroatoms. The molecule has 1 aliphatic carbocycles. The summed E-state index contributed by atoms with van der Waals surface area (Å²) in [5.41, 5.74) is 7.78. The summed E-state index contributed by atoms with van der Waals surface area (Å²) in [7, 11) is 0. The lowest BCUT2D eigenvalue weighted by Gasteiger charge is -2.39. The maximum absolute atomic E-state index is 13.5. The molecule has 186 valence electrons. The van der Waals surface area contributed by atoms with Crippen LogP contribution in [0.4, 0.5) is 26.7 Å². The van der Waals surface area contributed by atoms with Crippen molar-refractivity contribution in [2.24, 2.45) is 17.6 Å². The van der Waals surface area contributed by atoms with Crippen LogP contribution in [0, 0.1) is 11.8 Å². The van der Waals surface area contributed by atoms with E-state index in [4.69, 9.17) is 14.9 Å². The van der Waals surface area contributed by atoms with Gasteiger partial charge in [-0.25, -0.2) is 18.6 Å². The minimum Gasteiger partial charge on any atom is -0.439 e. The molecule has 5 rings (SSSR count). The highest BCUT2D eigenvalue weighted by Crippen LogP contribution is 2.42. The Balaban J connectivity index is 1.40. The number of alkyl halides is 5. The Kier molecular flexibility index (Phi) is 5.70. The Labute approximate surface area is 191 Å². The molecule has 0 radical (unpaired) electrons. The molecule has 1 aromatic carbocycles. The van der Waals surface area contributed by atoms with Crippen molar-refractivity contribution in [2.75, 3.05) is 19.8 Å². The van der Waals surface area contributed by atoms with Crippen molar-refractivity contribution in [2.45, 2.75) is 55.9 Å². The molecule has 2 aromatic rings. The first-order chi connectivity index (χ1) is 16.0. The number of ether oxygens (including phenoxy) is 1. The number of nitrogens with one attached hydrogen (secondary N) is 1. The predicted octanol–water partition coefficient (Wildman–Crippen LogP) is 4.30. The predicted molar refractivity (Wildman–Crippen MR) is 110 cm³/mol. The Morgan fingerprint density at radius 3 is 2.47 bits per heavy atom. The number of benzene rings is 1. The zero-order valence-corrected chi connectivity index (χ0v) is 18.2. The Bertz CT molecular complexity index is 1060. The second-order valence-corrected chi connectivity index (χ2v) is 9.44. The van der Waals surface area contributed by atoms with Gasteiger partial charge in [0, 0.05) is 18.8 Å². The molecule has 3 heterocycles. The van der Waals surface area contributed by atoms with E-state index in [9.17, 15) is 26.7 Å². The zero-order chi connectivity index (χ0) is 24.3. The van der Waals surface area contributed by atoms with E-state index in [0.717, 1.165) is 0 Å². The van der Waals surface area contributed by atoms with Crippen molar-refractivity contribution in [3.63, 3.8) is 0 Å². The van der Waals surface area contributed by atoms with Crippen LogP contribution in [0.3, 0.4) is 0 Å². The van der Waals surface area contributed by atoms with Crippen molar-refractivity contribution < 1.29 is 35.9 Å². The monoisotopic (exact) mass is 488 g/mol. The number of aromatic nitrogens is 1. The van der Waals surface area contributed by atoms with Crippen LogP contribution in [-0.2, 0) is 4.74 Å². The summed E-state index contributed by atoms with van der Waals surface area (Å²) in [5.74, 6) is -2.77. The maximum atomic E-state index is 13.5. The molecule has 2 aliphatic heterocycles. The van der Waals surface area contributed by atoms with Crippen molar-refractivity contribution in [1.29, 1.82) is 0 Å². The van der Waals surface area contributed by atoms with Crippen molar-refractivity contribution in [3.05, 3.63) is 29.7 Å². The topological polar surface area (TPSA) is 93.6 Å². The number of carbonyl (C=O) groups is 1. The van der Waals surface area contributed by atoms with E-state index in [1.54, 1.807) is 18.2 Å². The van der Waals surface area contributed by atoms with Gasteiger partial charge in [0.25, 0.3) is 0 Å². The van der Waals surface area contributed by atoms with Gasteiger partial charge in [-0.2, -0.15) is 13.2 Å². The first-order valence-electron chi connectivity index (χ1n) is 11.3. The average Bonchev–Trinajstić information content (AvgIpc) is 3.33. The number of carbonyl (C=O) groups excluding carboxylic acids is 1. The molecule has 2 amide bonds. The van der Waals surface area contributed by atoms with E-state index in [0.29, 0.717) is 29.9 Å². The van der Waals surface area contributed by atoms with Gasteiger partial charge in [-0.15, -0.1) is 0 Å². The summed E-state index contributed by atoms with van der Waals surface area (Å²) >= 11 is 0. The van der Waals surface area contributed by atoms with E-state index in [1.807, 2.05) is 5.32 Å². The summed E-state index contributed by atoms with van der Waals surface area (Å²) < 4.78 is 77.7. The van der Waals surface area contributed by atoms with Crippen LogP contribution in [-0.4, -0.2) is 53.8 Å². The summed E-state index contributed by atoms with van der Waals surface area (Å²) in [6.07, 6.45) is -4.46. The highest BCUT2D eigenvalue weighted by Gasteiger charge is 2.50. The third-order valence-corrected chi connectivity index (χ3v) is 7.10. The molecule has 2 saturated heterocycles. The van der Waals surface area contributed by atoms with Gasteiger partial charge < -0.3 is 25.1 Å². The zero-order valence-electron chi connectivity index (χ0n) is 18.2. The van der Waals surface area contributed by atoms with E-state index < -0.39 is 42.8 Å². The number of amides is 2. The first-order valence-corrected chi connectivity index (χ1v) is 11.3. The van der Waals surface area contributed by atoms with Crippen LogP contribution in [0.25, 0.3) is 11.1 Å². The van der Waals surface area contributed by atoms with Crippen LogP contribution in [0.2, 0.25) is 0 Å². The molecule has 0 spiro atoms. The summed E-state index contributed by atoms with van der Waals surface area (Å²) in [4.78, 5) is 18.1. The molecule has 7 nitrogen and oxygen atoms in total. The van der Waals surface area contributed by atoms with Gasteiger partial charge in [0.15, 0.2) is 5.58 Å². The molecule has 3 fully saturated rings. The lowest BCUT2D eigenvalue weighted by molar-refractivity contribution is -0.151. The molecule has 3 N–H and O–H groups in total. The summed E-state index contributed by atoms with van der Waals surface area (Å²) in [6.45, 7) is 0.150. The second-order valence-electron chi connectivity index (χ2n) is 9.44. The Morgan fingerprint density at radius 1 is 1.18 bits per heavy atom.